The van der Waals surface area contributed by atoms with Crippen LogP contribution in [0, 0.1) is 5.92 Å². The second-order valence-electron chi connectivity index (χ2n) is 5.02. The van der Waals surface area contributed by atoms with Crippen molar-refractivity contribution in [2.24, 2.45) is 11.7 Å². The van der Waals surface area contributed by atoms with Gasteiger partial charge in [0.1, 0.15) is 5.75 Å². The highest BCUT2D eigenvalue weighted by atomic mass is 16.5. The van der Waals surface area contributed by atoms with Crippen LogP contribution in [0.2, 0.25) is 0 Å². The highest BCUT2D eigenvalue weighted by Gasteiger charge is 2.08. The molecule has 0 spiro atoms. The Labute approximate surface area is 116 Å². The minimum Gasteiger partial charge on any atom is -0.494 e. The molecule has 3 nitrogen and oxygen atoms in total. The SMILES string of the molecule is CCCOc1ccc(C(=O)CCC(C)CCN)cc1. The van der Waals surface area contributed by atoms with Crippen LogP contribution in [0.4, 0.5) is 0 Å². The molecular formula is C16H25NO2. The predicted octanol–water partition coefficient (Wildman–Crippen LogP) is 3.42. The Morgan fingerprint density at radius 2 is 1.95 bits per heavy atom. The number of carbonyl (C=O) groups is 1. The molecule has 1 aromatic carbocycles. The largest absolute Gasteiger partial charge is 0.494 e. The van der Waals surface area contributed by atoms with Crippen LogP contribution in [0.15, 0.2) is 24.3 Å². The highest BCUT2D eigenvalue weighted by molar-refractivity contribution is 5.96. The van der Waals surface area contributed by atoms with Gasteiger partial charge in [-0.15, -0.1) is 0 Å². The van der Waals surface area contributed by atoms with E-state index in [1.165, 1.54) is 0 Å². The molecule has 1 atom stereocenters. The fraction of sp³-hybridized carbons (Fsp3) is 0.562. The third kappa shape index (κ3) is 5.88. The predicted molar refractivity (Wildman–Crippen MR) is 78.6 cm³/mol. The number of carbonyl (C=O) groups excluding carboxylic acids is 1. The van der Waals surface area contributed by atoms with E-state index in [2.05, 4.69) is 13.8 Å². The van der Waals surface area contributed by atoms with Gasteiger partial charge in [-0.05, 0) is 56.0 Å². The average molecular weight is 263 g/mol. The maximum atomic E-state index is 12.0. The van der Waals surface area contributed by atoms with Gasteiger partial charge in [0.2, 0.25) is 0 Å². The van der Waals surface area contributed by atoms with Gasteiger partial charge in [0.05, 0.1) is 6.61 Å². The fourth-order valence-electron chi connectivity index (χ4n) is 1.91. The van der Waals surface area contributed by atoms with E-state index < -0.39 is 0 Å². The maximum absolute atomic E-state index is 12.0. The second kappa shape index (κ2) is 8.70. The van der Waals surface area contributed by atoms with Crippen LogP contribution in [0.5, 0.6) is 5.75 Å². The van der Waals surface area contributed by atoms with E-state index in [0.717, 1.165) is 30.6 Å². The van der Waals surface area contributed by atoms with E-state index in [9.17, 15) is 4.79 Å². The summed E-state index contributed by atoms with van der Waals surface area (Å²) in [6.45, 7) is 5.62. The normalized spacial score (nSPS) is 12.2. The Balaban J connectivity index is 2.44. The molecule has 3 heteroatoms. The Kier molecular flexibility index (Phi) is 7.19. The van der Waals surface area contributed by atoms with Gasteiger partial charge in [0.15, 0.2) is 5.78 Å². The van der Waals surface area contributed by atoms with Gasteiger partial charge < -0.3 is 10.5 Å². The van der Waals surface area contributed by atoms with Crippen LogP contribution in [-0.4, -0.2) is 18.9 Å². The third-order valence-electron chi connectivity index (χ3n) is 3.17. The molecular weight excluding hydrogens is 238 g/mol. The van der Waals surface area contributed by atoms with Crippen LogP contribution >= 0.6 is 0 Å². The molecule has 0 saturated carbocycles. The Bertz CT molecular complexity index is 373. The lowest BCUT2D eigenvalue weighted by molar-refractivity contribution is 0.0974. The zero-order valence-corrected chi connectivity index (χ0v) is 12.0. The van der Waals surface area contributed by atoms with Gasteiger partial charge >= 0.3 is 0 Å². The number of ketones is 1. The van der Waals surface area contributed by atoms with Crippen molar-refractivity contribution < 1.29 is 9.53 Å². The summed E-state index contributed by atoms with van der Waals surface area (Å²) in [6, 6.07) is 7.43. The average Bonchev–Trinajstić information content (AvgIpc) is 2.43. The minimum absolute atomic E-state index is 0.200. The number of hydrogen-bond donors (Lipinski definition) is 1. The van der Waals surface area contributed by atoms with E-state index in [1.54, 1.807) is 0 Å². The van der Waals surface area contributed by atoms with Gasteiger partial charge in [-0.2, -0.15) is 0 Å². The molecule has 19 heavy (non-hydrogen) atoms. The monoisotopic (exact) mass is 263 g/mol. The number of rotatable bonds is 9. The summed E-state index contributed by atoms with van der Waals surface area (Å²) >= 11 is 0. The summed E-state index contributed by atoms with van der Waals surface area (Å²) in [6.07, 6.45) is 3.47. The van der Waals surface area contributed by atoms with Gasteiger partial charge in [0, 0.05) is 12.0 Å². The number of Topliss-reactive ketones (excluding diaryl/α,β-unsaturated/α-hetero) is 1. The summed E-state index contributed by atoms with van der Waals surface area (Å²) in [7, 11) is 0. The minimum atomic E-state index is 0.200. The molecule has 0 aromatic heterocycles. The summed E-state index contributed by atoms with van der Waals surface area (Å²) in [5.74, 6) is 1.54. The maximum Gasteiger partial charge on any atom is 0.162 e. The van der Waals surface area contributed by atoms with E-state index in [1.807, 2.05) is 24.3 Å². The van der Waals surface area contributed by atoms with Gasteiger partial charge in [-0.25, -0.2) is 0 Å². The van der Waals surface area contributed by atoms with Crippen LogP contribution < -0.4 is 10.5 Å². The molecule has 0 amide bonds. The van der Waals surface area contributed by atoms with E-state index >= 15 is 0 Å². The zero-order valence-electron chi connectivity index (χ0n) is 12.0. The number of benzene rings is 1. The van der Waals surface area contributed by atoms with Crippen molar-refractivity contribution in [3.05, 3.63) is 29.8 Å². The van der Waals surface area contributed by atoms with Crippen molar-refractivity contribution >= 4 is 5.78 Å². The smallest absolute Gasteiger partial charge is 0.162 e. The number of ether oxygens (including phenoxy) is 1. The lowest BCUT2D eigenvalue weighted by atomic mass is 9.97. The quantitative estimate of drug-likeness (QED) is 0.694. The van der Waals surface area contributed by atoms with Gasteiger partial charge in [-0.3, -0.25) is 4.79 Å². The Morgan fingerprint density at radius 1 is 1.26 bits per heavy atom. The molecule has 0 heterocycles. The molecule has 0 fully saturated rings. The molecule has 0 bridgehead atoms. The first-order chi connectivity index (χ1) is 9.17. The lowest BCUT2D eigenvalue weighted by Gasteiger charge is -2.09. The summed E-state index contributed by atoms with van der Waals surface area (Å²) in [5, 5.41) is 0. The third-order valence-corrected chi connectivity index (χ3v) is 3.17. The van der Waals surface area contributed by atoms with Gasteiger partial charge in [-0.1, -0.05) is 13.8 Å². The molecule has 106 valence electrons. The molecule has 1 unspecified atom stereocenters. The van der Waals surface area contributed by atoms with Gasteiger partial charge in [0.25, 0.3) is 0 Å². The summed E-state index contributed by atoms with van der Waals surface area (Å²) in [4.78, 5) is 12.0. The molecule has 0 aliphatic heterocycles. The van der Waals surface area contributed by atoms with Crippen LogP contribution in [0.1, 0.15) is 49.9 Å². The lowest BCUT2D eigenvalue weighted by Crippen LogP contribution is -2.08. The van der Waals surface area contributed by atoms with Crippen molar-refractivity contribution in [3.63, 3.8) is 0 Å². The van der Waals surface area contributed by atoms with Crippen molar-refractivity contribution in [3.8, 4) is 5.75 Å². The Hall–Kier alpha value is -1.35. The van der Waals surface area contributed by atoms with Crippen LogP contribution in [-0.2, 0) is 0 Å². The number of hydrogen-bond acceptors (Lipinski definition) is 3. The first-order valence-corrected chi connectivity index (χ1v) is 7.13. The molecule has 0 aliphatic rings. The van der Waals surface area contributed by atoms with E-state index in [-0.39, 0.29) is 5.78 Å². The zero-order chi connectivity index (χ0) is 14.1. The van der Waals surface area contributed by atoms with E-state index in [0.29, 0.717) is 25.5 Å². The number of nitrogens with two attached hydrogens (primary N) is 1. The van der Waals surface area contributed by atoms with E-state index in [4.69, 9.17) is 10.5 Å². The summed E-state index contributed by atoms with van der Waals surface area (Å²) < 4.78 is 5.49. The van der Waals surface area contributed by atoms with Crippen LogP contribution in [0.3, 0.4) is 0 Å². The van der Waals surface area contributed by atoms with Crippen molar-refractivity contribution in [2.45, 2.75) is 39.5 Å². The van der Waals surface area contributed by atoms with Crippen LogP contribution in [0.25, 0.3) is 0 Å². The highest BCUT2D eigenvalue weighted by Crippen LogP contribution is 2.16. The first-order valence-electron chi connectivity index (χ1n) is 7.13. The van der Waals surface area contributed by atoms with Crippen molar-refractivity contribution in [1.29, 1.82) is 0 Å². The first kappa shape index (κ1) is 15.7. The fourth-order valence-corrected chi connectivity index (χ4v) is 1.91. The van der Waals surface area contributed by atoms with Crippen molar-refractivity contribution in [1.82, 2.24) is 0 Å². The molecule has 0 saturated heterocycles. The Morgan fingerprint density at radius 3 is 2.53 bits per heavy atom. The topological polar surface area (TPSA) is 52.3 Å². The molecule has 0 aliphatic carbocycles. The van der Waals surface area contributed by atoms with Crippen molar-refractivity contribution in [2.75, 3.05) is 13.2 Å². The second-order valence-corrected chi connectivity index (χ2v) is 5.02. The molecule has 1 aromatic rings. The summed E-state index contributed by atoms with van der Waals surface area (Å²) in [5.41, 5.74) is 6.27. The standard InChI is InChI=1S/C16H25NO2/c1-3-12-19-15-7-5-14(6-8-15)16(18)9-4-13(2)10-11-17/h5-8,13H,3-4,9-12,17H2,1-2H3. The molecule has 0 radical (unpaired) electrons. The molecule has 2 N–H and O–H groups in total. The molecule has 1 rings (SSSR count).